The van der Waals surface area contributed by atoms with E-state index in [9.17, 15) is 9.50 Å². The summed E-state index contributed by atoms with van der Waals surface area (Å²) in [6.45, 7) is 4.19. The molecule has 3 nitrogen and oxygen atoms in total. The molecular weight excluding hydrogens is 221 g/mol. The molecule has 0 spiro atoms. The van der Waals surface area contributed by atoms with Crippen LogP contribution in [0.3, 0.4) is 0 Å². The largest absolute Gasteiger partial charge is 0.496 e. The van der Waals surface area contributed by atoms with Crippen molar-refractivity contribution in [3.05, 3.63) is 29.6 Å². The highest BCUT2D eigenvalue weighted by Crippen LogP contribution is 2.27. The molecule has 0 saturated heterocycles. The van der Waals surface area contributed by atoms with Crippen molar-refractivity contribution in [1.29, 1.82) is 0 Å². The van der Waals surface area contributed by atoms with Gasteiger partial charge in [-0.15, -0.1) is 0 Å². The van der Waals surface area contributed by atoms with Gasteiger partial charge in [-0.2, -0.15) is 0 Å². The van der Waals surface area contributed by atoms with Crippen molar-refractivity contribution in [1.82, 2.24) is 5.32 Å². The number of halogens is 1. The molecule has 0 bridgehead atoms. The SMILES string of the molecule is CC[C@@H](O)CNC(C)c1c(F)cccc1OC. The Balaban J connectivity index is 2.77. The first-order valence-electron chi connectivity index (χ1n) is 5.84. The lowest BCUT2D eigenvalue weighted by molar-refractivity contribution is 0.163. The fourth-order valence-corrected chi connectivity index (χ4v) is 1.67. The lowest BCUT2D eigenvalue weighted by Crippen LogP contribution is -2.29. The van der Waals surface area contributed by atoms with Crippen molar-refractivity contribution >= 4 is 0 Å². The third kappa shape index (κ3) is 3.68. The number of nitrogens with one attached hydrogen (secondary N) is 1. The molecule has 0 saturated carbocycles. The predicted octanol–water partition coefficient (Wildman–Crippen LogP) is 2.26. The Bertz CT molecular complexity index is 357. The summed E-state index contributed by atoms with van der Waals surface area (Å²) in [5.74, 6) is 0.228. The van der Waals surface area contributed by atoms with E-state index in [0.717, 1.165) is 0 Å². The third-order valence-electron chi connectivity index (χ3n) is 2.80. The van der Waals surface area contributed by atoms with Crippen molar-refractivity contribution in [2.24, 2.45) is 0 Å². The first-order chi connectivity index (χ1) is 8.10. The first-order valence-corrected chi connectivity index (χ1v) is 5.84. The minimum absolute atomic E-state index is 0.202. The Kier molecular flexibility index (Phi) is 5.38. The summed E-state index contributed by atoms with van der Waals surface area (Å²) in [5.41, 5.74) is 0.498. The van der Waals surface area contributed by atoms with E-state index in [1.807, 2.05) is 13.8 Å². The molecule has 2 N–H and O–H groups in total. The van der Waals surface area contributed by atoms with Crippen LogP contribution in [0.2, 0.25) is 0 Å². The first kappa shape index (κ1) is 13.9. The van der Waals surface area contributed by atoms with Crippen LogP contribution >= 0.6 is 0 Å². The van der Waals surface area contributed by atoms with Gasteiger partial charge in [0.1, 0.15) is 11.6 Å². The van der Waals surface area contributed by atoms with Crippen LogP contribution < -0.4 is 10.1 Å². The Hall–Kier alpha value is -1.13. The van der Waals surface area contributed by atoms with Crippen LogP contribution in [0.5, 0.6) is 5.75 Å². The molecular formula is C13H20FNO2. The average molecular weight is 241 g/mol. The van der Waals surface area contributed by atoms with Crippen molar-refractivity contribution in [2.45, 2.75) is 32.4 Å². The topological polar surface area (TPSA) is 41.5 Å². The van der Waals surface area contributed by atoms with Gasteiger partial charge in [0.15, 0.2) is 0 Å². The zero-order chi connectivity index (χ0) is 12.8. The van der Waals surface area contributed by atoms with Crippen molar-refractivity contribution < 1.29 is 14.2 Å². The molecule has 0 heterocycles. The van der Waals surface area contributed by atoms with Gasteiger partial charge in [-0.25, -0.2) is 4.39 Å². The van der Waals surface area contributed by atoms with Gasteiger partial charge in [0.2, 0.25) is 0 Å². The smallest absolute Gasteiger partial charge is 0.131 e. The van der Waals surface area contributed by atoms with E-state index >= 15 is 0 Å². The van der Waals surface area contributed by atoms with E-state index < -0.39 is 6.10 Å². The van der Waals surface area contributed by atoms with Crippen molar-refractivity contribution in [3.63, 3.8) is 0 Å². The fourth-order valence-electron chi connectivity index (χ4n) is 1.67. The molecule has 17 heavy (non-hydrogen) atoms. The minimum atomic E-state index is -0.407. The number of aliphatic hydroxyl groups excluding tert-OH is 1. The van der Waals surface area contributed by atoms with E-state index in [2.05, 4.69) is 5.32 Å². The zero-order valence-corrected chi connectivity index (χ0v) is 10.5. The Morgan fingerprint density at radius 3 is 2.76 bits per heavy atom. The van der Waals surface area contributed by atoms with E-state index in [0.29, 0.717) is 24.3 Å². The van der Waals surface area contributed by atoms with Gasteiger partial charge in [-0.1, -0.05) is 13.0 Å². The van der Waals surface area contributed by atoms with Crippen molar-refractivity contribution in [2.75, 3.05) is 13.7 Å². The number of methoxy groups -OCH3 is 1. The number of hydrogen-bond acceptors (Lipinski definition) is 3. The van der Waals surface area contributed by atoms with Gasteiger partial charge in [0.05, 0.1) is 13.2 Å². The van der Waals surface area contributed by atoms with Gasteiger partial charge < -0.3 is 15.2 Å². The second-order valence-corrected chi connectivity index (χ2v) is 4.05. The number of ether oxygens (including phenoxy) is 1. The van der Waals surface area contributed by atoms with Crippen LogP contribution in [0.4, 0.5) is 4.39 Å². The second-order valence-electron chi connectivity index (χ2n) is 4.05. The average Bonchev–Trinajstić information content (AvgIpc) is 2.34. The van der Waals surface area contributed by atoms with E-state index in [1.54, 1.807) is 12.1 Å². The standard InChI is InChI=1S/C13H20FNO2/c1-4-10(16)8-15-9(2)13-11(14)6-5-7-12(13)17-3/h5-7,9-10,15-16H,4,8H2,1-3H3/t9?,10-/m1/s1. The molecule has 1 unspecified atom stereocenters. The third-order valence-corrected chi connectivity index (χ3v) is 2.80. The highest BCUT2D eigenvalue weighted by Gasteiger charge is 2.16. The van der Waals surface area contributed by atoms with E-state index in [1.165, 1.54) is 13.2 Å². The molecule has 0 radical (unpaired) electrons. The number of aliphatic hydroxyl groups is 1. The monoisotopic (exact) mass is 241 g/mol. The van der Waals surface area contributed by atoms with Crippen LogP contribution in [-0.4, -0.2) is 24.9 Å². The maximum absolute atomic E-state index is 13.7. The molecule has 1 aromatic carbocycles. The molecule has 1 aromatic rings. The summed E-state index contributed by atoms with van der Waals surface area (Å²) >= 11 is 0. The molecule has 4 heteroatoms. The summed E-state index contributed by atoms with van der Waals surface area (Å²) in [4.78, 5) is 0. The number of rotatable bonds is 6. The maximum Gasteiger partial charge on any atom is 0.131 e. The quantitative estimate of drug-likeness (QED) is 0.802. The summed E-state index contributed by atoms with van der Waals surface area (Å²) < 4.78 is 18.8. The summed E-state index contributed by atoms with van der Waals surface area (Å²) in [5, 5.41) is 12.6. The Morgan fingerprint density at radius 1 is 1.47 bits per heavy atom. The highest BCUT2D eigenvalue weighted by molar-refractivity contribution is 5.36. The van der Waals surface area contributed by atoms with Crippen LogP contribution in [0, 0.1) is 5.82 Å². The normalized spacial score (nSPS) is 14.4. The predicted molar refractivity (Wildman–Crippen MR) is 65.7 cm³/mol. The highest BCUT2D eigenvalue weighted by atomic mass is 19.1. The van der Waals surface area contributed by atoms with Crippen molar-refractivity contribution in [3.8, 4) is 5.75 Å². The van der Waals surface area contributed by atoms with E-state index in [4.69, 9.17) is 4.74 Å². The molecule has 96 valence electrons. The zero-order valence-electron chi connectivity index (χ0n) is 10.5. The number of benzene rings is 1. The minimum Gasteiger partial charge on any atom is -0.496 e. The van der Waals surface area contributed by atoms with Gasteiger partial charge in [0, 0.05) is 18.2 Å². The van der Waals surface area contributed by atoms with Gasteiger partial charge in [0.25, 0.3) is 0 Å². The Morgan fingerprint density at radius 2 is 2.18 bits per heavy atom. The van der Waals surface area contributed by atoms with Gasteiger partial charge in [-0.05, 0) is 25.5 Å². The maximum atomic E-state index is 13.7. The van der Waals surface area contributed by atoms with Crippen LogP contribution in [0.15, 0.2) is 18.2 Å². The summed E-state index contributed by atoms with van der Waals surface area (Å²) in [7, 11) is 1.52. The van der Waals surface area contributed by atoms with Crippen LogP contribution in [0.1, 0.15) is 31.9 Å². The molecule has 0 fully saturated rings. The molecule has 1 rings (SSSR count). The number of hydrogen-bond donors (Lipinski definition) is 2. The molecule has 0 aliphatic carbocycles. The molecule has 0 aliphatic rings. The lowest BCUT2D eigenvalue weighted by atomic mass is 10.1. The lowest BCUT2D eigenvalue weighted by Gasteiger charge is -2.19. The Labute approximate surface area is 102 Å². The molecule has 0 aromatic heterocycles. The van der Waals surface area contributed by atoms with Crippen LogP contribution in [0.25, 0.3) is 0 Å². The van der Waals surface area contributed by atoms with E-state index in [-0.39, 0.29) is 11.9 Å². The second kappa shape index (κ2) is 6.57. The molecule has 0 aliphatic heterocycles. The summed E-state index contributed by atoms with van der Waals surface area (Å²) in [6.07, 6.45) is 0.268. The fraction of sp³-hybridized carbons (Fsp3) is 0.538. The molecule has 2 atom stereocenters. The van der Waals surface area contributed by atoms with Gasteiger partial charge >= 0.3 is 0 Å². The van der Waals surface area contributed by atoms with Gasteiger partial charge in [-0.3, -0.25) is 0 Å². The summed E-state index contributed by atoms with van der Waals surface area (Å²) in [6, 6.07) is 4.55. The molecule has 0 amide bonds. The van der Waals surface area contributed by atoms with Crippen LogP contribution in [-0.2, 0) is 0 Å².